The Balaban J connectivity index is 2.00. The first-order valence-electron chi connectivity index (χ1n) is 10.7. The van der Waals surface area contributed by atoms with Crippen molar-refractivity contribution in [2.75, 3.05) is 26.8 Å². The van der Waals surface area contributed by atoms with Gasteiger partial charge in [-0.15, -0.1) is 10.2 Å². The van der Waals surface area contributed by atoms with E-state index in [4.69, 9.17) is 16.3 Å². The van der Waals surface area contributed by atoms with Crippen LogP contribution in [0.5, 0.6) is 0 Å². The van der Waals surface area contributed by atoms with E-state index in [-0.39, 0.29) is 10.9 Å². The zero-order chi connectivity index (χ0) is 24.0. The van der Waals surface area contributed by atoms with E-state index in [2.05, 4.69) is 10.2 Å². The third kappa shape index (κ3) is 5.78. The molecule has 0 aliphatic heterocycles. The van der Waals surface area contributed by atoms with Crippen molar-refractivity contribution in [3.63, 3.8) is 0 Å². The van der Waals surface area contributed by atoms with E-state index in [1.54, 1.807) is 25.3 Å². The third-order valence-corrected chi connectivity index (χ3v) is 8.67. The second-order valence-electron chi connectivity index (χ2n) is 7.48. The minimum absolute atomic E-state index is 0.0585. The monoisotopic (exact) mass is 508 g/mol. The van der Waals surface area contributed by atoms with Gasteiger partial charge >= 0.3 is 0 Å². The van der Waals surface area contributed by atoms with Crippen LogP contribution in [0.25, 0.3) is 11.4 Å². The second-order valence-corrected chi connectivity index (χ2v) is 10.8. The summed E-state index contributed by atoms with van der Waals surface area (Å²) in [4.78, 5) is 0.239. The van der Waals surface area contributed by atoms with E-state index in [0.717, 1.165) is 5.56 Å². The van der Waals surface area contributed by atoms with Crippen LogP contribution in [0.2, 0.25) is 5.02 Å². The van der Waals surface area contributed by atoms with Gasteiger partial charge in [0.25, 0.3) is 0 Å². The topological polar surface area (TPSA) is 77.3 Å². The van der Waals surface area contributed by atoms with Gasteiger partial charge in [0.1, 0.15) is 0 Å². The molecule has 7 nitrogen and oxygen atoms in total. The lowest BCUT2D eigenvalue weighted by atomic mass is 10.2. The van der Waals surface area contributed by atoms with E-state index in [9.17, 15) is 8.42 Å². The summed E-state index contributed by atoms with van der Waals surface area (Å²) in [7, 11) is -1.94. The minimum Gasteiger partial charge on any atom is -0.383 e. The standard InChI is InChI=1S/C23H29ClN4O3S2/c1-5-27(6-2)33(29,30)20-12-9-11-18(14-20)22-25-26-23(28(22)17(3)15-31-4)32-16-19-10-7-8-13-21(19)24/h7-14,17H,5-6,15-16H2,1-4H3. The lowest BCUT2D eigenvalue weighted by molar-refractivity contribution is 0.159. The molecular formula is C23H29ClN4O3S2. The van der Waals surface area contributed by atoms with Crippen LogP contribution in [0, 0.1) is 0 Å². The van der Waals surface area contributed by atoms with Crippen molar-refractivity contribution in [2.24, 2.45) is 0 Å². The zero-order valence-electron chi connectivity index (χ0n) is 19.2. The molecule has 0 radical (unpaired) electrons. The molecule has 0 saturated heterocycles. The number of nitrogens with zero attached hydrogens (tertiary/aromatic N) is 4. The van der Waals surface area contributed by atoms with Gasteiger partial charge in [0.2, 0.25) is 10.0 Å². The van der Waals surface area contributed by atoms with Crippen LogP contribution < -0.4 is 0 Å². The molecule has 0 saturated carbocycles. The molecule has 3 aromatic rings. The molecule has 1 aromatic heterocycles. The van der Waals surface area contributed by atoms with Crippen molar-refractivity contribution in [3.05, 3.63) is 59.1 Å². The van der Waals surface area contributed by atoms with Gasteiger partial charge in [0.05, 0.1) is 17.5 Å². The number of benzene rings is 2. The number of ether oxygens (including phenoxy) is 1. The highest BCUT2D eigenvalue weighted by Crippen LogP contribution is 2.32. The smallest absolute Gasteiger partial charge is 0.243 e. The van der Waals surface area contributed by atoms with Gasteiger partial charge in [0, 0.05) is 36.5 Å². The van der Waals surface area contributed by atoms with Crippen LogP contribution in [0.1, 0.15) is 32.4 Å². The summed E-state index contributed by atoms with van der Waals surface area (Å²) in [5.41, 5.74) is 1.69. The Kier molecular flexibility index (Phi) is 8.95. The predicted octanol–water partition coefficient (Wildman–Crippen LogP) is 5.13. The van der Waals surface area contributed by atoms with Crippen LogP contribution in [-0.2, 0) is 20.5 Å². The van der Waals surface area contributed by atoms with Crippen molar-refractivity contribution in [3.8, 4) is 11.4 Å². The number of thioether (sulfide) groups is 1. The molecule has 0 fully saturated rings. The number of hydrogen-bond acceptors (Lipinski definition) is 6. The molecule has 0 spiro atoms. The van der Waals surface area contributed by atoms with E-state index >= 15 is 0 Å². The number of methoxy groups -OCH3 is 1. The summed E-state index contributed by atoms with van der Waals surface area (Å²) < 4.78 is 34.9. The Morgan fingerprint density at radius 1 is 1.12 bits per heavy atom. The van der Waals surface area contributed by atoms with Crippen LogP contribution in [0.4, 0.5) is 0 Å². The molecule has 3 rings (SSSR count). The molecule has 10 heteroatoms. The highest BCUT2D eigenvalue weighted by molar-refractivity contribution is 7.98. The van der Waals surface area contributed by atoms with Crippen molar-refractivity contribution in [2.45, 2.75) is 42.6 Å². The van der Waals surface area contributed by atoms with E-state index in [1.165, 1.54) is 16.1 Å². The van der Waals surface area contributed by atoms with Gasteiger partial charge in [-0.1, -0.05) is 67.5 Å². The van der Waals surface area contributed by atoms with Crippen LogP contribution in [-0.4, -0.2) is 54.3 Å². The fraction of sp³-hybridized carbons (Fsp3) is 0.391. The number of rotatable bonds is 11. The van der Waals surface area contributed by atoms with Gasteiger partial charge in [-0.2, -0.15) is 4.31 Å². The summed E-state index contributed by atoms with van der Waals surface area (Å²) >= 11 is 7.84. The van der Waals surface area contributed by atoms with Crippen LogP contribution >= 0.6 is 23.4 Å². The van der Waals surface area contributed by atoms with E-state index < -0.39 is 10.0 Å². The Morgan fingerprint density at radius 3 is 2.52 bits per heavy atom. The van der Waals surface area contributed by atoms with Gasteiger partial charge < -0.3 is 4.74 Å². The van der Waals surface area contributed by atoms with Gasteiger partial charge in [0.15, 0.2) is 11.0 Å². The second kappa shape index (κ2) is 11.5. The van der Waals surface area contributed by atoms with Gasteiger partial charge in [-0.05, 0) is 30.7 Å². The predicted molar refractivity (Wildman–Crippen MR) is 133 cm³/mol. The lowest BCUT2D eigenvalue weighted by Crippen LogP contribution is -2.30. The fourth-order valence-electron chi connectivity index (χ4n) is 3.55. The number of hydrogen-bond donors (Lipinski definition) is 0. The first-order valence-corrected chi connectivity index (χ1v) is 13.5. The normalized spacial score (nSPS) is 12.9. The summed E-state index contributed by atoms with van der Waals surface area (Å²) in [5.74, 6) is 1.23. The quantitative estimate of drug-likeness (QED) is 0.334. The van der Waals surface area contributed by atoms with Crippen LogP contribution in [0.15, 0.2) is 58.6 Å². The lowest BCUT2D eigenvalue weighted by Gasteiger charge is -2.20. The summed E-state index contributed by atoms with van der Waals surface area (Å²) in [6, 6.07) is 14.5. The molecule has 1 heterocycles. The Labute approximate surface area is 205 Å². The van der Waals surface area contributed by atoms with Gasteiger partial charge in [-0.3, -0.25) is 4.57 Å². The summed E-state index contributed by atoms with van der Waals surface area (Å²) in [6.07, 6.45) is 0. The molecule has 1 atom stereocenters. The summed E-state index contributed by atoms with van der Waals surface area (Å²) in [5, 5.41) is 10.3. The average Bonchev–Trinajstić information content (AvgIpc) is 3.23. The van der Waals surface area contributed by atoms with Gasteiger partial charge in [-0.25, -0.2) is 8.42 Å². The molecule has 0 amide bonds. The van der Waals surface area contributed by atoms with Crippen LogP contribution in [0.3, 0.4) is 0 Å². The Bertz CT molecular complexity index is 1180. The first kappa shape index (κ1) is 25.7. The molecule has 2 aromatic carbocycles. The van der Waals surface area contributed by atoms with E-state index in [0.29, 0.717) is 47.0 Å². The minimum atomic E-state index is -3.59. The SMILES string of the molecule is CCN(CC)S(=O)(=O)c1cccc(-c2nnc(SCc3ccccc3Cl)n2C(C)COC)c1. The molecule has 0 aliphatic rings. The summed E-state index contributed by atoms with van der Waals surface area (Å²) in [6.45, 7) is 6.96. The zero-order valence-corrected chi connectivity index (χ0v) is 21.6. The van der Waals surface area contributed by atoms with Crippen molar-refractivity contribution >= 4 is 33.4 Å². The highest BCUT2D eigenvalue weighted by atomic mass is 35.5. The molecule has 178 valence electrons. The number of aromatic nitrogens is 3. The molecular weight excluding hydrogens is 480 g/mol. The van der Waals surface area contributed by atoms with E-state index in [1.807, 2.05) is 55.7 Å². The third-order valence-electron chi connectivity index (χ3n) is 5.26. The largest absolute Gasteiger partial charge is 0.383 e. The molecule has 1 unspecified atom stereocenters. The molecule has 0 aliphatic carbocycles. The highest BCUT2D eigenvalue weighted by Gasteiger charge is 2.24. The maximum absolute atomic E-state index is 13.0. The Hall–Kier alpha value is -1.91. The number of sulfonamides is 1. The number of halogens is 1. The first-order chi connectivity index (χ1) is 15.8. The van der Waals surface area contributed by atoms with Crippen molar-refractivity contribution < 1.29 is 13.2 Å². The van der Waals surface area contributed by atoms with Crippen molar-refractivity contribution in [1.29, 1.82) is 0 Å². The van der Waals surface area contributed by atoms with Crippen molar-refractivity contribution in [1.82, 2.24) is 19.1 Å². The fourth-order valence-corrected chi connectivity index (χ4v) is 6.38. The molecule has 0 N–H and O–H groups in total. The Morgan fingerprint density at radius 2 is 1.85 bits per heavy atom. The molecule has 0 bridgehead atoms. The maximum Gasteiger partial charge on any atom is 0.243 e. The maximum atomic E-state index is 13.0. The average molecular weight is 509 g/mol. The molecule has 33 heavy (non-hydrogen) atoms.